The lowest BCUT2D eigenvalue weighted by Gasteiger charge is -2.21. The quantitative estimate of drug-likeness (QED) is 0.912. The lowest BCUT2D eigenvalue weighted by Crippen LogP contribution is -2.30. The number of hydrogen-bond acceptors (Lipinski definition) is 3. The Kier molecular flexibility index (Phi) is 3.66. The van der Waals surface area contributed by atoms with Crippen LogP contribution in [0.15, 0.2) is 42.7 Å². The Bertz CT molecular complexity index is 695. The van der Waals surface area contributed by atoms with Crippen LogP contribution in [0.5, 0.6) is 0 Å². The number of nitrogens with zero attached hydrogens (tertiary/aromatic N) is 3. The summed E-state index contributed by atoms with van der Waals surface area (Å²) < 4.78 is 1.80. The molecule has 1 saturated heterocycles. The third kappa shape index (κ3) is 2.59. The molecule has 2 heterocycles. The number of nitrogens with two attached hydrogens (primary N) is 1. The second kappa shape index (κ2) is 5.63. The van der Waals surface area contributed by atoms with Crippen LogP contribution >= 0.6 is 0 Å². The molecule has 1 aromatic heterocycles. The van der Waals surface area contributed by atoms with Gasteiger partial charge in [0.05, 0.1) is 24.7 Å². The van der Waals surface area contributed by atoms with Gasteiger partial charge in [-0.15, -0.1) is 0 Å². The number of aromatic nitrogens is 2. The second-order valence-corrected chi connectivity index (χ2v) is 5.62. The molecule has 114 valence electrons. The molecule has 0 bridgehead atoms. The van der Waals surface area contributed by atoms with Crippen molar-refractivity contribution in [1.29, 1.82) is 0 Å². The highest BCUT2D eigenvalue weighted by Crippen LogP contribution is 2.36. The van der Waals surface area contributed by atoms with Crippen LogP contribution in [-0.2, 0) is 16.1 Å². The number of rotatable bonds is 4. The predicted molar refractivity (Wildman–Crippen MR) is 80.6 cm³/mol. The summed E-state index contributed by atoms with van der Waals surface area (Å²) >= 11 is 0. The number of carbonyl (C=O) groups excluding carboxylic acids is 2. The van der Waals surface area contributed by atoms with Gasteiger partial charge in [-0.25, -0.2) is 0 Å². The van der Waals surface area contributed by atoms with Crippen LogP contribution < -0.4 is 5.73 Å². The molecule has 22 heavy (non-hydrogen) atoms. The minimum atomic E-state index is -0.494. The molecular formula is C16H18N4O2. The molecule has 1 aliphatic heterocycles. The standard InChI is InChI=1S/C16H18N4O2/c1-19-14(21)7-13(16(17)22)15(19)12-8-18-20(10-12)9-11-5-3-2-4-6-11/h2-6,8,10,13,15H,7,9H2,1H3,(H2,17,22)/t13-,15+/m0/s1. The molecule has 2 aromatic rings. The van der Waals surface area contributed by atoms with E-state index in [2.05, 4.69) is 5.10 Å². The van der Waals surface area contributed by atoms with Gasteiger partial charge in [0.25, 0.3) is 0 Å². The second-order valence-electron chi connectivity index (χ2n) is 5.62. The molecule has 0 spiro atoms. The molecule has 1 aliphatic rings. The Balaban J connectivity index is 1.83. The highest BCUT2D eigenvalue weighted by molar-refractivity contribution is 5.89. The fourth-order valence-electron chi connectivity index (χ4n) is 2.97. The van der Waals surface area contributed by atoms with Crippen LogP contribution in [-0.4, -0.2) is 33.5 Å². The molecule has 0 aliphatic carbocycles. The normalized spacial score (nSPS) is 21.3. The predicted octanol–water partition coefficient (Wildman–Crippen LogP) is 0.936. The van der Waals surface area contributed by atoms with Crippen LogP contribution in [0.4, 0.5) is 0 Å². The first-order valence-corrected chi connectivity index (χ1v) is 7.17. The Labute approximate surface area is 128 Å². The van der Waals surface area contributed by atoms with Crippen LogP contribution in [0.25, 0.3) is 0 Å². The molecule has 2 amide bonds. The molecule has 1 fully saturated rings. The van der Waals surface area contributed by atoms with E-state index in [0.29, 0.717) is 6.54 Å². The summed E-state index contributed by atoms with van der Waals surface area (Å²) in [6.45, 7) is 0.645. The van der Waals surface area contributed by atoms with Crippen molar-refractivity contribution in [3.05, 3.63) is 53.9 Å². The van der Waals surface area contributed by atoms with E-state index in [4.69, 9.17) is 5.73 Å². The van der Waals surface area contributed by atoms with Crippen molar-refractivity contribution in [2.75, 3.05) is 7.05 Å². The summed E-state index contributed by atoms with van der Waals surface area (Å²) in [5, 5.41) is 4.34. The average Bonchev–Trinajstić information content (AvgIpc) is 3.06. The van der Waals surface area contributed by atoms with Crippen LogP contribution in [0, 0.1) is 5.92 Å². The summed E-state index contributed by atoms with van der Waals surface area (Å²) in [5.74, 6) is -1.00. The van der Waals surface area contributed by atoms with Gasteiger partial charge in [0.2, 0.25) is 11.8 Å². The van der Waals surface area contributed by atoms with Crippen LogP contribution in [0.2, 0.25) is 0 Å². The van der Waals surface area contributed by atoms with Gasteiger partial charge >= 0.3 is 0 Å². The maximum atomic E-state index is 11.9. The first-order valence-electron chi connectivity index (χ1n) is 7.17. The topological polar surface area (TPSA) is 81.2 Å². The van der Waals surface area contributed by atoms with Gasteiger partial charge in [-0.3, -0.25) is 14.3 Å². The fourth-order valence-corrected chi connectivity index (χ4v) is 2.97. The van der Waals surface area contributed by atoms with E-state index in [1.165, 1.54) is 0 Å². The van der Waals surface area contributed by atoms with E-state index in [1.54, 1.807) is 22.8 Å². The molecular weight excluding hydrogens is 280 g/mol. The Morgan fingerprint density at radius 1 is 1.36 bits per heavy atom. The maximum absolute atomic E-state index is 11.9. The van der Waals surface area contributed by atoms with E-state index in [-0.39, 0.29) is 18.4 Å². The summed E-state index contributed by atoms with van der Waals surface area (Å²) in [5.41, 5.74) is 7.41. The van der Waals surface area contributed by atoms with Crippen molar-refractivity contribution in [3.8, 4) is 0 Å². The number of hydrogen-bond donors (Lipinski definition) is 1. The largest absolute Gasteiger partial charge is 0.369 e. The smallest absolute Gasteiger partial charge is 0.223 e. The van der Waals surface area contributed by atoms with Crippen LogP contribution in [0.1, 0.15) is 23.6 Å². The van der Waals surface area contributed by atoms with Gasteiger partial charge in [0.15, 0.2) is 0 Å². The third-order valence-corrected chi connectivity index (χ3v) is 4.13. The molecule has 6 heteroatoms. The molecule has 0 radical (unpaired) electrons. The number of carbonyl (C=O) groups is 2. The molecule has 2 N–H and O–H groups in total. The van der Waals surface area contributed by atoms with Crippen molar-refractivity contribution in [2.45, 2.75) is 19.0 Å². The number of benzene rings is 1. The molecule has 0 saturated carbocycles. The van der Waals surface area contributed by atoms with Gasteiger partial charge in [-0.2, -0.15) is 5.10 Å². The zero-order chi connectivity index (χ0) is 15.7. The van der Waals surface area contributed by atoms with Crippen molar-refractivity contribution in [2.24, 2.45) is 11.7 Å². The lowest BCUT2D eigenvalue weighted by molar-refractivity contribution is -0.128. The summed E-state index contributed by atoms with van der Waals surface area (Å²) in [6.07, 6.45) is 3.75. The Morgan fingerprint density at radius 3 is 2.77 bits per heavy atom. The summed E-state index contributed by atoms with van der Waals surface area (Å²) in [6, 6.07) is 9.65. The highest BCUT2D eigenvalue weighted by Gasteiger charge is 2.42. The maximum Gasteiger partial charge on any atom is 0.223 e. The Hall–Kier alpha value is -2.63. The first kappa shape index (κ1) is 14.3. The van der Waals surface area contributed by atoms with Crippen LogP contribution in [0.3, 0.4) is 0 Å². The van der Waals surface area contributed by atoms with Gasteiger partial charge in [-0.05, 0) is 5.56 Å². The summed E-state index contributed by atoms with van der Waals surface area (Å²) in [4.78, 5) is 25.0. The zero-order valence-electron chi connectivity index (χ0n) is 12.3. The molecule has 1 aromatic carbocycles. The van der Waals surface area contributed by atoms with E-state index >= 15 is 0 Å². The number of likely N-dealkylation sites (tertiary alicyclic amines) is 1. The molecule has 6 nitrogen and oxygen atoms in total. The summed E-state index contributed by atoms with van der Waals surface area (Å²) in [7, 11) is 1.70. The van der Waals surface area contributed by atoms with Crippen molar-refractivity contribution >= 4 is 11.8 Å². The minimum Gasteiger partial charge on any atom is -0.369 e. The van der Waals surface area contributed by atoms with Crippen molar-refractivity contribution < 1.29 is 9.59 Å². The lowest BCUT2D eigenvalue weighted by atomic mass is 9.95. The molecule has 2 atom stereocenters. The van der Waals surface area contributed by atoms with E-state index in [0.717, 1.165) is 11.1 Å². The van der Waals surface area contributed by atoms with Crippen molar-refractivity contribution in [1.82, 2.24) is 14.7 Å². The van der Waals surface area contributed by atoms with Crippen molar-refractivity contribution in [3.63, 3.8) is 0 Å². The minimum absolute atomic E-state index is 0.0652. The monoisotopic (exact) mass is 298 g/mol. The fraction of sp³-hybridized carbons (Fsp3) is 0.312. The van der Waals surface area contributed by atoms with E-state index in [9.17, 15) is 9.59 Å². The van der Waals surface area contributed by atoms with Gasteiger partial charge in [0.1, 0.15) is 0 Å². The van der Waals surface area contributed by atoms with Gasteiger partial charge in [-0.1, -0.05) is 30.3 Å². The molecule has 0 unspecified atom stereocenters. The SMILES string of the molecule is CN1C(=O)C[C@H](C(N)=O)[C@H]1c1cnn(Cc2ccccc2)c1. The zero-order valence-corrected chi connectivity index (χ0v) is 12.3. The van der Waals surface area contributed by atoms with Gasteiger partial charge < -0.3 is 10.6 Å². The first-order chi connectivity index (χ1) is 10.6. The number of amides is 2. The van der Waals surface area contributed by atoms with E-state index in [1.807, 2.05) is 36.5 Å². The van der Waals surface area contributed by atoms with E-state index < -0.39 is 11.8 Å². The average molecular weight is 298 g/mol. The Morgan fingerprint density at radius 2 is 2.09 bits per heavy atom. The molecule has 3 rings (SSSR count). The number of primary amides is 1. The third-order valence-electron chi connectivity index (χ3n) is 4.13. The highest BCUT2D eigenvalue weighted by atomic mass is 16.2. The van der Waals surface area contributed by atoms with Gasteiger partial charge in [0, 0.05) is 25.2 Å².